The Morgan fingerprint density at radius 3 is 2.80 bits per heavy atom. The van der Waals surface area contributed by atoms with Gasteiger partial charge in [-0.25, -0.2) is 0 Å². The van der Waals surface area contributed by atoms with Gasteiger partial charge in [-0.15, -0.1) is 0 Å². The van der Waals surface area contributed by atoms with Crippen LogP contribution < -0.4 is 9.64 Å². The minimum Gasteiger partial charge on any atom is -0.462 e. The van der Waals surface area contributed by atoms with Crippen molar-refractivity contribution in [3.63, 3.8) is 0 Å². The van der Waals surface area contributed by atoms with Crippen LogP contribution in [0.1, 0.15) is 60.9 Å². The molecule has 0 bridgehead atoms. The molecule has 1 aromatic carbocycles. The summed E-state index contributed by atoms with van der Waals surface area (Å²) >= 11 is 0. The first kappa shape index (κ1) is 30.5. The number of likely N-dealkylation sites (N-methyl/N-ethyl adjacent to an activating group) is 2. The molecule has 3 heterocycles. The van der Waals surface area contributed by atoms with E-state index in [-0.39, 0.29) is 23.8 Å². The molecule has 1 spiro atoms. The summed E-state index contributed by atoms with van der Waals surface area (Å²) in [7, 11) is 6.12. The number of rotatable bonds is 8. The van der Waals surface area contributed by atoms with Crippen LogP contribution in [0.5, 0.6) is 6.01 Å². The Balaban J connectivity index is 1.30. The van der Waals surface area contributed by atoms with Crippen molar-refractivity contribution in [3.05, 3.63) is 58.8 Å². The average Bonchev–Trinajstić information content (AvgIpc) is 3.44. The molecule has 2 saturated heterocycles. The Kier molecular flexibility index (Phi) is 9.20. The molecule has 1 amide bonds. The van der Waals surface area contributed by atoms with E-state index in [4.69, 9.17) is 14.7 Å². The van der Waals surface area contributed by atoms with E-state index < -0.39 is 0 Å². The Labute approximate surface area is 262 Å². The van der Waals surface area contributed by atoms with Crippen LogP contribution in [0.3, 0.4) is 0 Å². The van der Waals surface area contributed by atoms with E-state index in [0.29, 0.717) is 44.8 Å². The topological polar surface area (TPSA) is 88.8 Å². The van der Waals surface area contributed by atoms with Crippen molar-refractivity contribution in [1.82, 2.24) is 24.7 Å². The van der Waals surface area contributed by atoms with Crippen molar-refractivity contribution in [1.29, 1.82) is 5.26 Å². The Morgan fingerprint density at radius 2 is 2.00 bits per heavy atom. The molecule has 44 heavy (non-hydrogen) atoms. The third-order valence-corrected chi connectivity index (χ3v) is 10.3. The van der Waals surface area contributed by atoms with Crippen molar-refractivity contribution in [2.75, 3.05) is 65.4 Å². The minimum absolute atomic E-state index is 0.0286. The number of ether oxygens (including phenoxy) is 1. The number of aryl methyl sites for hydroxylation is 1. The number of piperazine rings is 1. The number of nitrogens with zero attached hydrogens (tertiary/aromatic N) is 7. The van der Waals surface area contributed by atoms with Crippen molar-refractivity contribution >= 4 is 11.7 Å². The van der Waals surface area contributed by atoms with E-state index in [2.05, 4.69) is 47.2 Å². The zero-order chi connectivity index (χ0) is 30.7. The summed E-state index contributed by atoms with van der Waals surface area (Å²) in [5.41, 5.74) is 5.40. The number of amides is 1. The highest BCUT2D eigenvalue weighted by Gasteiger charge is 2.42. The number of anilines is 1. The van der Waals surface area contributed by atoms with Gasteiger partial charge in [-0.1, -0.05) is 30.3 Å². The van der Waals surface area contributed by atoms with Gasteiger partial charge in [0.2, 0.25) is 5.91 Å². The summed E-state index contributed by atoms with van der Waals surface area (Å²) in [5.74, 6) is 0.904. The summed E-state index contributed by atoms with van der Waals surface area (Å²) in [5, 5.41) is 9.70. The lowest BCUT2D eigenvalue weighted by Crippen LogP contribution is -2.55. The van der Waals surface area contributed by atoms with Gasteiger partial charge in [0.25, 0.3) is 0 Å². The molecular formula is C35H47N7O2. The van der Waals surface area contributed by atoms with Crippen LogP contribution in [0.4, 0.5) is 5.82 Å². The summed E-state index contributed by atoms with van der Waals surface area (Å²) in [6.07, 6.45) is 12.6. The predicted octanol–water partition coefficient (Wildman–Crippen LogP) is 3.76. The smallest absolute Gasteiger partial charge is 0.318 e. The second-order valence-corrected chi connectivity index (χ2v) is 13.5. The number of hydrogen-bond donors (Lipinski definition) is 0. The molecule has 2 aromatic rings. The summed E-state index contributed by atoms with van der Waals surface area (Å²) in [6.45, 7) is 4.17. The van der Waals surface area contributed by atoms with Crippen LogP contribution in [-0.4, -0.2) is 103 Å². The number of aromatic nitrogens is 2. The average molecular weight is 598 g/mol. The SMILES string of the molecule is CN(C)C/C=C/C(=O)N1CCN(c2nc(OCC3CCCN3C)nc3c2CCC2(CCCc4ccccc42)C3)C[C@@H]1CC#N. The monoisotopic (exact) mass is 597 g/mol. The number of carbonyl (C=O) groups is 1. The molecule has 234 valence electrons. The molecule has 9 heteroatoms. The highest BCUT2D eigenvalue weighted by atomic mass is 16.5. The third-order valence-electron chi connectivity index (χ3n) is 10.3. The van der Waals surface area contributed by atoms with Crippen molar-refractivity contribution in [2.24, 2.45) is 0 Å². The summed E-state index contributed by atoms with van der Waals surface area (Å²) < 4.78 is 6.38. The van der Waals surface area contributed by atoms with Gasteiger partial charge in [0, 0.05) is 49.3 Å². The van der Waals surface area contributed by atoms with Crippen molar-refractivity contribution in [2.45, 2.75) is 75.3 Å². The van der Waals surface area contributed by atoms with E-state index in [1.807, 2.05) is 30.0 Å². The minimum atomic E-state index is -0.201. The Bertz CT molecular complexity index is 1420. The van der Waals surface area contributed by atoms with Crippen LogP contribution in [0, 0.1) is 11.3 Å². The molecule has 9 nitrogen and oxygen atoms in total. The highest BCUT2D eigenvalue weighted by Crippen LogP contribution is 2.47. The van der Waals surface area contributed by atoms with Crippen LogP contribution >= 0.6 is 0 Å². The van der Waals surface area contributed by atoms with Crippen LogP contribution in [0.25, 0.3) is 0 Å². The fourth-order valence-corrected chi connectivity index (χ4v) is 7.89. The van der Waals surface area contributed by atoms with E-state index >= 15 is 0 Å². The molecule has 6 rings (SSSR count). The van der Waals surface area contributed by atoms with Gasteiger partial charge in [-0.2, -0.15) is 15.2 Å². The molecule has 0 saturated carbocycles. The Morgan fingerprint density at radius 1 is 1.14 bits per heavy atom. The summed E-state index contributed by atoms with van der Waals surface area (Å²) in [6, 6.07) is 12.0. The molecule has 2 aliphatic heterocycles. The number of nitriles is 1. The Hall–Kier alpha value is -3.48. The molecule has 2 unspecified atom stereocenters. The molecule has 1 aromatic heterocycles. The van der Waals surface area contributed by atoms with Crippen molar-refractivity contribution in [3.8, 4) is 12.1 Å². The second kappa shape index (κ2) is 13.3. The second-order valence-electron chi connectivity index (χ2n) is 13.5. The van der Waals surface area contributed by atoms with Crippen LogP contribution in [0.15, 0.2) is 36.4 Å². The first-order chi connectivity index (χ1) is 21.4. The zero-order valence-corrected chi connectivity index (χ0v) is 26.7. The molecule has 0 N–H and O–H groups in total. The third kappa shape index (κ3) is 6.33. The molecule has 3 atom stereocenters. The van der Waals surface area contributed by atoms with Crippen molar-refractivity contribution < 1.29 is 9.53 Å². The molecule has 2 fully saturated rings. The number of carbonyl (C=O) groups excluding carboxylic acids is 1. The quantitative estimate of drug-likeness (QED) is 0.425. The first-order valence-corrected chi connectivity index (χ1v) is 16.4. The normalized spacial score (nSPS) is 25.3. The van der Waals surface area contributed by atoms with Crippen LogP contribution in [0.2, 0.25) is 0 Å². The maximum absolute atomic E-state index is 13.1. The van der Waals surface area contributed by atoms with Gasteiger partial charge in [-0.3, -0.25) is 4.79 Å². The van der Waals surface area contributed by atoms with Gasteiger partial charge >= 0.3 is 6.01 Å². The summed E-state index contributed by atoms with van der Waals surface area (Å²) in [4.78, 5) is 31.9. The first-order valence-electron chi connectivity index (χ1n) is 16.4. The molecular weight excluding hydrogens is 550 g/mol. The van der Waals surface area contributed by atoms with Crippen LogP contribution in [-0.2, 0) is 29.5 Å². The van der Waals surface area contributed by atoms with E-state index in [0.717, 1.165) is 50.2 Å². The number of benzene rings is 1. The number of fused-ring (bicyclic) bond motifs is 3. The maximum Gasteiger partial charge on any atom is 0.318 e. The van der Waals surface area contributed by atoms with Gasteiger partial charge in [0.15, 0.2) is 0 Å². The van der Waals surface area contributed by atoms with Gasteiger partial charge in [0.1, 0.15) is 12.4 Å². The van der Waals surface area contributed by atoms with Gasteiger partial charge < -0.3 is 24.3 Å². The van der Waals surface area contributed by atoms with E-state index in [9.17, 15) is 10.1 Å². The number of hydrogen-bond acceptors (Lipinski definition) is 8. The lowest BCUT2D eigenvalue weighted by atomic mass is 9.62. The molecule has 4 aliphatic rings. The predicted molar refractivity (Wildman–Crippen MR) is 172 cm³/mol. The standard InChI is InChI=1S/C35H47N7O2/c1-39(2)19-8-13-32(43)42-22-21-41(24-27(42)15-18-36)33-29-14-17-35(16-6-10-26-9-4-5-12-30(26)35)23-31(29)37-34(38-33)44-25-28-11-7-20-40(28)3/h4-5,8-9,12-13,27-28H,6-7,10-11,14-17,19-25H2,1-3H3/b13-8+/t27-,28?,35?/m0/s1. The van der Waals surface area contributed by atoms with E-state index in [1.54, 1.807) is 6.08 Å². The molecule has 2 aliphatic carbocycles. The van der Waals surface area contributed by atoms with Gasteiger partial charge in [-0.05, 0) is 90.2 Å². The largest absolute Gasteiger partial charge is 0.462 e. The van der Waals surface area contributed by atoms with Gasteiger partial charge in [0.05, 0.1) is 24.2 Å². The lowest BCUT2D eigenvalue weighted by molar-refractivity contribution is -0.128. The molecule has 0 radical (unpaired) electrons. The maximum atomic E-state index is 13.1. The fraction of sp³-hybridized carbons (Fsp3) is 0.600. The number of likely N-dealkylation sites (tertiary alicyclic amines) is 1. The lowest BCUT2D eigenvalue weighted by Gasteiger charge is -2.44. The van der Waals surface area contributed by atoms with E-state index in [1.165, 1.54) is 36.0 Å². The zero-order valence-electron chi connectivity index (χ0n) is 26.7. The highest BCUT2D eigenvalue weighted by molar-refractivity contribution is 5.88. The fourth-order valence-electron chi connectivity index (χ4n) is 7.89.